The first kappa shape index (κ1) is 15.1. The van der Waals surface area contributed by atoms with Gasteiger partial charge in [0.05, 0.1) is 4.47 Å². The molecule has 0 aliphatic rings. The lowest BCUT2D eigenvalue weighted by atomic mass is 9.97. The van der Waals surface area contributed by atoms with Crippen LogP contribution >= 0.6 is 15.9 Å². The number of hydrogen-bond donors (Lipinski definition) is 1. The van der Waals surface area contributed by atoms with Crippen molar-refractivity contribution in [2.75, 3.05) is 7.05 Å². The smallest absolute Gasteiger partial charge is 0.137 e. The van der Waals surface area contributed by atoms with Gasteiger partial charge in [-0.3, -0.25) is 0 Å². The third kappa shape index (κ3) is 3.25. The summed E-state index contributed by atoms with van der Waals surface area (Å²) in [6.45, 7) is 1.85. The Hall–Kier alpha value is -1.26. The van der Waals surface area contributed by atoms with E-state index in [1.165, 1.54) is 12.1 Å². The van der Waals surface area contributed by atoms with Crippen molar-refractivity contribution in [3.05, 3.63) is 69.2 Å². The average molecular weight is 340 g/mol. The van der Waals surface area contributed by atoms with E-state index in [1.54, 1.807) is 19.2 Å². The van der Waals surface area contributed by atoms with Gasteiger partial charge in [-0.25, -0.2) is 8.78 Å². The van der Waals surface area contributed by atoms with Gasteiger partial charge in [0, 0.05) is 11.6 Å². The Kier molecular flexibility index (Phi) is 4.89. The summed E-state index contributed by atoms with van der Waals surface area (Å²) in [5.74, 6) is -0.543. The molecule has 4 heteroatoms. The van der Waals surface area contributed by atoms with Crippen LogP contribution in [0.2, 0.25) is 0 Å². The lowest BCUT2D eigenvalue weighted by Crippen LogP contribution is -2.20. The van der Waals surface area contributed by atoms with E-state index in [2.05, 4.69) is 21.2 Å². The second-order valence-electron chi connectivity index (χ2n) is 4.78. The third-order valence-corrected chi connectivity index (χ3v) is 4.22. The summed E-state index contributed by atoms with van der Waals surface area (Å²) in [4.78, 5) is 0. The minimum absolute atomic E-state index is 0.200. The molecule has 106 valence electrons. The zero-order valence-electron chi connectivity index (χ0n) is 11.4. The molecule has 0 aromatic heterocycles. The van der Waals surface area contributed by atoms with Crippen LogP contribution < -0.4 is 5.32 Å². The monoisotopic (exact) mass is 339 g/mol. The zero-order chi connectivity index (χ0) is 14.7. The molecule has 0 aliphatic carbocycles. The maximum Gasteiger partial charge on any atom is 0.137 e. The molecule has 0 bridgehead atoms. The molecule has 1 N–H and O–H groups in total. The van der Waals surface area contributed by atoms with Crippen molar-refractivity contribution in [1.29, 1.82) is 0 Å². The molecule has 0 amide bonds. The van der Waals surface area contributed by atoms with Crippen molar-refractivity contribution < 1.29 is 8.78 Å². The number of hydrogen-bond acceptors (Lipinski definition) is 1. The standard InChI is InChI=1S/C16H16BrF2N/c1-10-6-7-12(14(19)8-10)15(20-2)9-11-4-3-5-13(18)16(11)17/h3-8,15,20H,9H2,1-2H3. The second-order valence-corrected chi connectivity index (χ2v) is 5.58. The van der Waals surface area contributed by atoms with Gasteiger partial charge in [0.1, 0.15) is 11.6 Å². The molecule has 0 saturated heterocycles. The largest absolute Gasteiger partial charge is 0.313 e. The van der Waals surface area contributed by atoms with E-state index in [0.29, 0.717) is 16.5 Å². The van der Waals surface area contributed by atoms with E-state index in [-0.39, 0.29) is 17.7 Å². The molecule has 0 aliphatic heterocycles. The molecule has 20 heavy (non-hydrogen) atoms. The van der Waals surface area contributed by atoms with Crippen LogP contribution in [0.3, 0.4) is 0 Å². The molecular weight excluding hydrogens is 324 g/mol. The fourth-order valence-corrected chi connectivity index (χ4v) is 2.63. The summed E-state index contributed by atoms with van der Waals surface area (Å²) in [7, 11) is 1.77. The van der Waals surface area contributed by atoms with E-state index in [1.807, 2.05) is 19.1 Å². The lowest BCUT2D eigenvalue weighted by Gasteiger charge is -2.18. The van der Waals surface area contributed by atoms with Crippen LogP contribution in [0.5, 0.6) is 0 Å². The van der Waals surface area contributed by atoms with Crippen LogP contribution in [-0.2, 0) is 6.42 Å². The maximum absolute atomic E-state index is 14.0. The molecule has 0 radical (unpaired) electrons. The molecule has 1 atom stereocenters. The molecular formula is C16H16BrF2N. The van der Waals surface area contributed by atoms with E-state index < -0.39 is 0 Å². The molecule has 0 fully saturated rings. The van der Waals surface area contributed by atoms with Crippen LogP contribution in [0.15, 0.2) is 40.9 Å². The highest BCUT2D eigenvalue weighted by Crippen LogP contribution is 2.27. The topological polar surface area (TPSA) is 12.0 Å². The van der Waals surface area contributed by atoms with Crippen LogP contribution in [0.25, 0.3) is 0 Å². The Balaban J connectivity index is 2.31. The lowest BCUT2D eigenvalue weighted by molar-refractivity contribution is 0.530. The quantitative estimate of drug-likeness (QED) is 0.862. The highest BCUT2D eigenvalue weighted by atomic mass is 79.9. The first-order chi connectivity index (χ1) is 9.52. The van der Waals surface area contributed by atoms with Crippen molar-refractivity contribution in [3.8, 4) is 0 Å². The van der Waals surface area contributed by atoms with E-state index >= 15 is 0 Å². The van der Waals surface area contributed by atoms with Crippen molar-refractivity contribution in [1.82, 2.24) is 5.32 Å². The van der Waals surface area contributed by atoms with Crippen molar-refractivity contribution in [2.45, 2.75) is 19.4 Å². The summed E-state index contributed by atoms with van der Waals surface area (Å²) >= 11 is 3.24. The summed E-state index contributed by atoms with van der Waals surface area (Å²) in [6, 6.07) is 9.86. The minimum atomic E-state index is -0.304. The van der Waals surface area contributed by atoms with E-state index in [4.69, 9.17) is 0 Å². The molecule has 0 heterocycles. The number of likely N-dealkylation sites (N-methyl/N-ethyl adjacent to an activating group) is 1. The Morgan fingerprint density at radius 2 is 1.90 bits per heavy atom. The normalized spacial score (nSPS) is 12.4. The highest BCUT2D eigenvalue weighted by Gasteiger charge is 2.17. The van der Waals surface area contributed by atoms with Gasteiger partial charge in [-0.15, -0.1) is 0 Å². The van der Waals surface area contributed by atoms with Gasteiger partial charge in [0.25, 0.3) is 0 Å². The Morgan fingerprint density at radius 1 is 1.15 bits per heavy atom. The van der Waals surface area contributed by atoms with Gasteiger partial charge < -0.3 is 5.32 Å². The van der Waals surface area contributed by atoms with Gasteiger partial charge in [-0.2, -0.15) is 0 Å². The van der Waals surface area contributed by atoms with Gasteiger partial charge in [0.2, 0.25) is 0 Å². The van der Waals surface area contributed by atoms with Crippen LogP contribution in [-0.4, -0.2) is 7.05 Å². The van der Waals surface area contributed by atoms with Gasteiger partial charge >= 0.3 is 0 Å². The molecule has 2 rings (SSSR count). The highest BCUT2D eigenvalue weighted by molar-refractivity contribution is 9.10. The van der Waals surface area contributed by atoms with E-state index in [0.717, 1.165) is 11.1 Å². The van der Waals surface area contributed by atoms with Gasteiger partial charge in [-0.1, -0.05) is 24.3 Å². The zero-order valence-corrected chi connectivity index (χ0v) is 13.0. The van der Waals surface area contributed by atoms with Gasteiger partial charge in [0.15, 0.2) is 0 Å². The Morgan fingerprint density at radius 3 is 2.55 bits per heavy atom. The first-order valence-corrected chi connectivity index (χ1v) is 7.18. The Labute approximate surface area is 126 Å². The summed E-state index contributed by atoms with van der Waals surface area (Å²) in [6.07, 6.45) is 0.509. The van der Waals surface area contributed by atoms with E-state index in [9.17, 15) is 8.78 Å². The number of halogens is 3. The molecule has 2 aromatic carbocycles. The number of aryl methyl sites for hydroxylation is 1. The molecule has 1 unspecified atom stereocenters. The minimum Gasteiger partial charge on any atom is -0.313 e. The maximum atomic E-state index is 14.0. The fourth-order valence-electron chi connectivity index (χ4n) is 2.21. The third-order valence-electron chi connectivity index (χ3n) is 3.34. The SMILES string of the molecule is CNC(Cc1cccc(F)c1Br)c1ccc(C)cc1F. The number of benzene rings is 2. The number of nitrogens with one attached hydrogen (secondary N) is 1. The molecule has 0 spiro atoms. The van der Waals surface area contributed by atoms with Crippen molar-refractivity contribution in [2.24, 2.45) is 0 Å². The Bertz CT molecular complexity index is 613. The van der Waals surface area contributed by atoms with Crippen LogP contribution in [0, 0.1) is 18.6 Å². The second kappa shape index (κ2) is 6.46. The first-order valence-electron chi connectivity index (χ1n) is 6.39. The molecule has 0 saturated carbocycles. The summed E-state index contributed by atoms with van der Waals surface area (Å²) in [5, 5.41) is 3.09. The van der Waals surface area contributed by atoms with Crippen molar-refractivity contribution >= 4 is 15.9 Å². The van der Waals surface area contributed by atoms with Crippen LogP contribution in [0.4, 0.5) is 8.78 Å². The van der Waals surface area contributed by atoms with Crippen LogP contribution in [0.1, 0.15) is 22.7 Å². The average Bonchev–Trinajstić information content (AvgIpc) is 2.41. The van der Waals surface area contributed by atoms with Crippen molar-refractivity contribution in [3.63, 3.8) is 0 Å². The fraction of sp³-hybridized carbons (Fsp3) is 0.250. The summed E-state index contributed by atoms with van der Waals surface area (Å²) < 4.78 is 28.0. The predicted molar refractivity (Wildman–Crippen MR) is 80.7 cm³/mol. The van der Waals surface area contributed by atoms with Gasteiger partial charge in [-0.05, 0) is 59.6 Å². The summed E-state index contributed by atoms with van der Waals surface area (Å²) in [5.41, 5.74) is 2.28. The number of rotatable bonds is 4. The molecule has 1 nitrogen and oxygen atoms in total. The molecule has 2 aromatic rings. The predicted octanol–water partition coefficient (Wildman–Crippen LogP) is 4.54.